The van der Waals surface area contributed by atoms with Crippen molar-refractivity contribution in [3.63, 3.8) is 0 Å². The summed E-state index contributed by atoms with van der Waals surface area (Å²) in [6.07, 6.45) is 2.19. The molecule has 0 N–H and O–H groups in total. The molecular weight excluding hydrogens is 372 g/mol. The second-order valence-electron chi connectivity index (χ2n) is 7.70. The number of hydrogen-bond donors (Lipinski definition) is 0. The molecule has 28 heavy (non-hydrogen) atoms. The zero-order chi connectivity index (χ0) is 19.9. The summed E-state index contributed by atoms with van der Waals surface area (Å²) >= 11 is 0. The lowest BCUT2D eigenvalue weighted by molar-refractivity contribution is 0.298. The summed E-state index contributed by atoms with van der Waals surface area (Å²) in [7, 11) is 0.164. The van der Waals surface area contributed by atoms with E-state index in [9.17, 15) is 8.42 Å². The fraction of sp³-hybridized carbons (Fsp3) is 0.455. The highest BCUT2D eigenvalue weighted by atomic mass is 32.2. The number of nitrogens with zero attached hydrogens (tertiary/aromatic N) is 2. The van der Waals surface area contributed by atoms with Gasteiger partial charge >= 0.3 is 0 Å². The van der Waals surface area contributed by atoms with Crippen molar-refractivity contribution < 1.29 is 13.2 Å². The first-order valence-electron chi connectivity index (χ1n) is 9.94. The zero-order valence-electron chi connectivity index (χ0n) is 16.8. The van der Waals surface area contributed by atoms with E-state index >= 15 is 0 Å². The molecule has 2 aromatic rings. The summed E-state index contributed by atoms with van der Waals surface area (Å²) in [6.45, 7) is 5.45. The largest absolute Gasteiger partial charge is 0.497 e. The SMILES string of the molecule is CCN1CC[C@H]2c3cc(S(=O)(=O)c4ccc(OC)cc4)ccc3N(C)[C@H]2CC1. The first-order valence-corrected chi connectivity index (χ1v) is 11.4. The monoisotopic (exact) mass is 400 g/mol. The van der Waals surface area contributed by atoms with Crippen LogP contribution in [0.15, 0.2) is 52.3 Å². The van der Waals surface area contributed by atoms with Crippen LogP contribution < -0.4 is 9.64 Å². The number of methoxy groups -OCH3 is 1. The standard InChI is InChI=1S/C22H28N2O3S/c1-4-24-13-11-19-20-15-18(9-10-21(20)23(2)22(19)12-14-24)28(25,26)17-7-5-16(27-3)6-8-17/h5-10,15,19,22H,4,11-14H2,1-3H3/t19-,22-/m0/s1. The predicted octanol–water partition coefficient (Wildman–Crippen LogP) is 3.55. The minimum absolute atomic E-state index is 0.300. The Morgan fingerprint density at radius 1 is 1.04 bits per heavy atom. The van der Waals surface area contributed by atoms with Crippen LogP contribution >= 0.6 is 0 Å². The summed E-state index contributed by atoms with van der Waals surface area (Å²) in [6, 6.07) is 12.7. The maximum absolute atomic E-state index is 13.2. The van der Waals surface area contributed by atoms with Crippen molar-refractivity contribution >= 4 is 15.5 Å². The van der Waals surface area contributed by atoms with Gasteiger partial charge in [0.2, 0.25) is 9.84 Å². The number of benzene rings is 2. The van der Waals surface area contributed by atoms with E-state index in [4.69, 9.17) is 4.74 Å². The molecule has 0 saturated carbocycles. The molecule has 0 bridgehead atoms. The van der Waals surface area contributed by atoms with Gasteiger partial charge in [0.1, 0.15) is 5.75 Å². The molecule has 2 heterocycles. The third kappa shape index (κ3) is 3.18. The zero-order valence-corrected chi connectivity index (χ0v) is 17.6. The summed E-state index contributed by atoms with van der Waals surface area (Å²) in [5.41, 5.74) is 2.36. The summed E-state index contributed by atoms with van der Waals surface area (Å²) < 4.78 is 31.5. The normalized spacial score (nSPS) is 22.5. The molecule has 2 atom stereocenters. The minimum atomic E-state index is -3.55. The van der Waals surface area contributed by atoms with Gasteiger partial charge in [-0.1, -0.05) is 6.92 Å². The molecule has 2 aliphatic heterocycles. The number of sulfone groups is 1. The quantitative estimate of drug-likeness (QED) is 0.786. The Bertz CT molecular complexity index is 956. The molecule has 6 heteroatoms. The van der Waals surface area contributed by atoms with Crippen molar-refractivity contribution in [2.24, 2.45) is 0 Å². The number of rotatable bonds is 4. The van der Waals surface area contributed by atoms with Crippen LogP contribution in [0.5, 0.6) is 5.75 Å². The van der Waals surface area contributed by atoms with E-state index in [2.05, 4.69) is 23.8 Å². The van der Waals surface area contributed by atoms with Gasteiger partial charge in [-0.25, -0.2) is 8.42 Å². The second kappa shape index (κ2) is 7.41. The molecule has 2 aromatic carbocycles. The van der Waals surface area contributed by atoms with E-state index in [0.717, 1.165) is 32.5 Å². The van der Waals surface area contributed by atoms with Gasteiger partial charge in [0.15, 0.2) is 0 Å². The molecule has 4 rings (SSSR count). The highest BCUT2D eigenvalue weighted by molar-refractivity contribution is 7.91. The van der Waals surface area contributed by atoms with Crippen molar-refractivity contribution in [2.75, 3.05) is 38.7 Å². The van der Waals surface area contributed by atoms with E-state index in [-0.39, 0.29) is 0 Å². The van der Waals surface area contributed by atoms with Gasteiger partial charge in [0, 0.05) is 31.2 Å². The van der Waals surface area contributed by atoms with Crippen LogP contribution in [0.4, 0.5) is 5.69 Å². The number of ether oxygens (including phenoxy) is 1. The molecule has 5 nitrogen and oxygen atoms in total. The molecule has 150 valence electrons. The lowest BCUT2D eigenvalue weighted by Crippen LogP contribution is -2.31. The molecule has 0 aromatic heterocycles. The number of likely N-dealkylation sites (tertiary alicyclic amines) is 1. The van der Waals surface area contributed by atoms with Crippen LogP contribution in [-0.2, 0) is 9.84 Å². The average Bonchev–Trinajstić information content (AvgIpc) is 2.86. The van der Waals surface area contributed by atoms with Gasteiger partial charge in [-0.3, -0.25) is 0 Å². The topological polar surface area (TPSA) is 49.9 Å². The Morgan fingerprint density at radius 3 is 2.39 bits per heavy atom. The van der Waals surface area contributed by atoms with Crippen molar-refractivity contribution in [1.82, 2.24) is 4.90 Å². The summed E-state index contributed by atoms with van der Waals surface area (Å²) in [5, 5.41) is 0. The van der Waals surface area contributed by atoms with Crippen LogP contribution in [0.3, 0.4) is 0 Å². The first kappa shape index (κ1) is 19.3. The predicted molar refractivity (Wildman–Crippen MR) is 111 cm³/mol. The molecule has 0 unspecified atom stereocenters. The molecule has 1 fully saturated rings. The number of hydrogen-bond acceptors (Lipinski definition) is 5. The minimum Gasteiger partial charge on any atom is -0.497 e. The first-order chi connectivity index (χ1) is 13.5. The third-order valence-electron chi connectivity index (χ3n) is 6.37. The smallest absolute Gasteiger partial charge is 0.206 e. The lowest BCUT2D eigenvalue weighted by atomic mass is 9.91. The Balaban J connectivity index is 1.70. The number of fused-ring (bicyclic) bond motifs is 3. The highest BCUT2D eigenvalue weighted by Crippen LogP contribution is 2.45. The fourth-order valence-corrected chi connectivity index (χ4v) is 5.97. The third-order valence-corrected chi connectivity index (χ3v) is 8.13. The fourth-order valence-electron chi connectivity index (χ4n) is 4.67. The van der Waals surface area contributed by atoms with Crippen LogP contribution in [0, 0.1) is 0 Å². The van der Waals surface area contributed by atoms with Crippen LogP contribution in [0.1, 0.15) is 31.2 Å². The van der Waals surface area contributed by atoms with Gasteiger partial charge in [0.25, 0.3) is 0 Å². The van der Waals surface area contributed by atoms with Crippen molar-refractivity contribution in [3.05, 3.63) is 48.0 Å². The molecule has 0 spiro atoms. The molecule has 2 aliphatic rings. The van der Waals surface area contributed by atoms with Crippen molar-refractivity contribution in [1.29, 1.82) is 0 Å². The maximum Gasteiger partial charge on any atom is 0.206 e. The average molecular weight is 401 g/mol. The van der Waals surface area contributed by atoms with E-state index in [1.54, 1.807) is 37.4 Å². The Morgan fingerprint density at radius 2 is 1.71 bits per heavy atom. The van der Waals surface area contributed by atoms with Crippen LogP contribution in [-0.4, -0.2) is 53.2 Å². The van der Waals surface area contributed by atoms with E-state index in [1.807, 2.05) is 12.1 Å². The second-order valence-corrected chi connectivity index (χ2v) is 9.65. The molecule has 1 saturated heterocycles. The van der Waals surface area contributed by atoms with Crippen LogP contribution in [0.25, 0.3) is 0 Å². The Labute approximate surface area is 167 Å². The molecule has 0 aliphatic carbocycles. The lowest BCUT2D eigenvalue weighted by Gasteiger charge is -2.25. The summed E-state index contributed by atoms with van der Waals surface area (Å²) in [4.78, 5) is 5.52. The van der Waals surface area contributed by atoms with Crippen molar-refractivity contribution in [3.8, 4) is 5.75 Å². The van der Waals surface area contributed by atoms with E-state index in [1.165, 1.54) is 11.3 Å². The van der Waals surface area contributed by atoms with Gasteiger partial charge in [0.05, 0.1) is 16.9 Å². The maximum atomic E-state index is 13.2. The summed E-state index contributed by atoms with van der Waals surface area (Å²) in [5.74, 6) is 1.04. The molecular formula is C22H28N2O3S. The van der Waals surface area contributed by atoms with Crippen LogP contribution in [0.2, 0.25) is 0 Å². The molecule has 0 radical (unpaired) electrons. The highest BCUT2D eigenvalue weighted by Gasteiger charge is 2.38. The van der Waals surface area contributed by atoms with Gasteiger partial charge in [-0.15, -0.1) is 0 Å². The van der Waals surface area contributed by atoms with Gasteiger partial charge < -0.3 is 14.5 Å². The van der Waals surface area contributed by atoms with Crippen molar-refractivity contribution in [2.45, 2.75) is 41.5 Å². The molecule has 0 amide bonds. The Kier molecular flexibility index (Phi) is 5.10. The Hall–Kier alpha value is -2.05. The van der Waals surface area contributed by atoms with E-state index < -0.39 is 9.84 Å². The van der Waals surface area contributed by atoms with E-state index in [0.29, 0.717) is 27.5 Å². The number of likely N-dealkylation sites (N-methyl/N-ethyl adjacent to an activating group) is 1. The van der Waals surface area contributed by atoms with Gasteiger partial charge in [-0.05, 0) is 74.0 Å². The van der Waals surface area contributed by atoms with Gasteiger partial charge in [-0.2, -0.15) is 0 Å². The number of anilines is 1.